The third-order valence-corrected chi connectivity index (χ3v) is 4.89. The number of rotatable bonds is 5. The van der Waals surface area contributed by atoms with Crippen molar-refractivity contribution in [2.75, 3.05) is 36.0 Å². The number of hydrogen-bond acceptors (Lipinski definition) is 5. The zero-order valence-electron chi connectivity index (χ0n) is 11.3. The molecule has 0 aromatic carbocycles. The molecule has 0 bridgehead atoms. The van der Waals surface area contributed by atoms with E-state index in [2.05, 4.69) is 41.2 Å². The average Bonchev–Trinajstić information content (AvgIpc) is 2.63. The van der Waals surface area contributed by atoms with Crippen LogP contribution in [0.2, 0.25) is 0 Å². The van der Waals surface area contributed by atoms with E-state index in [0.717, 1.165) is 19.6 Å². The average molecular weight is 285 g/mol. The van der Waals surface area contributed by atoms with Crippen molar-refractivity contribution in [1.29, 1.82) is 0 Å². The van der Waals surface area contributed by atoms with E-state index < -0.39 is 0 Å². The van der Waals surface area contributed by atoms with Gasteiger partial charge in [-0.2, -0.15) is 11.8 Å². The van der Waals surface area contributed by atoms with Gasteiger partial charge in [-0.25, -0.2) is 4.98 Å². The Morgan fingerprint density at radius 3 is 3.11 bits per heavy atom. The molecular formula is C13H23N3S2. The maximum atomic E-state index is 4.75. The monoisotopic (exact) mass is 285 g/mol. The van der Waals surface area contributed by atoms with E-state index in [-0.39, 0.29) is 0 Å². The predicted octanol–water partition coefficient (Wildman–Crippen LogP) is 2.83. The minimum Gasteiger partial charge on any atom is -0.347 e. The van der Waals surface area contributed by atoms with Gasteiger partial charge in [0.05, 0.1) is 5.69 Å². The fourth-order valence-electron chi connectivity index (χ4n) is 1.95. The molecule has 18 heavy (non-hydrogen) atoms. The van der Waals surface area contributed by atoms with E-state index in [1.165, 1.54) is 35.3 Å². The molecule has 1 fully saturated rings. The molecule has 2 rings (SSSR count). The van der Waals surface area contributed by atoms with Gasteiger partial charge < -0.3 is 10.2 Å². The Bertz CT molecular complexity index is 344. The zero-order chi connectivity index (χ0) is 12.8. The second kappa shape index (κ2) is 7.36. The van der Waals surface area contributed by atoms with Gasteiger partial charge in [-0.15, -0.1) is 11.3 Å². The predicted molar refractivity (Wildman–Crippen MR) is 82.8 cm³/mol. The van der Waals surface area contributed by atoms with Crippen LogP contribution in [0.5, 0.6) is 0 Å². The molecule has 0 aliphatic carbocycles. The maximum Gasteiger partial charge on any atom is 0.185 e. The fourth-order valence-corrected chi connectivity index (χ4v) is 3.71. The van der Waals surface area contributed by atoms with Crippen molar-refractivity contribution >= 4 is 28.2 Å². The molecule has 0 saturated carbocycles. The Labute approximate surface area is 118 Å². The quantitative estimate of drug-likeness (QED) is 0.900. The lowest BCUT2D eigenvalue weighted by atomic mass is 10.2. The van der Waals surface area contributed by atoms with Crippen LogP contribution in [0.25, 0.3) is 0 Å². The summed E-state index contributed by atoms with van der Waals surface area (Å²) in [5, 5.41) is 6.85. The Morgan fingerprint density at radius 1 is 1.39 bits per heavy atom. The summed E-state index contributed by atoms with van der Waals surface area (Å²) in [6.45, 7) is 8.74. The molecule has 102 valence electrons. The largest absolute Gasteiger partial charge is 0.347 e. The second-order valence-electron chi connectivity index (χ2n) is 5.10. The topological polar surface area (TPSA) is 28.2 Å². The van der Waals surface area contributed by atoms with Crippen molar-refractivity contribution < 1.29 is 0 Å². The van der Waals surface area contributed by atoms with Crippen LogP contribution in [-0.2, 0) is 6.54 Å². The highest BCUT2D eigenvalue weighted by Crippen LogP contribution is 2.23. The van der Waals surface area contributed by atoms with E-state index in [1.807, 2.05) is 0 Å². The molecule has 0 amide bonds. The van der Waals surface area contributed by atoms with Crippen LogP contribution >= 0.6 is 23.1 Å². The summed E-state index contributed by atoms with van der Waals surface area (Å²) < 4.78 is 0. The third kappa shape index (κ3) is 4.44. The molecule has 0 unspecified atom stereocenters. The Hall–Kier alpha value is -0.260. The summed E-state index contributed by atoms with van der Waals surface area (Å²) in [6.07, 6.45) is 1.28. The van der Waals surface area contributed by atoms with Crippen molar-refractivity contribution in [3.63, 3.8) is 0 Å². The third-order valence-electron chi connectivity index (χ3n) is 2.89. The number of aromatic nitrogens is 1. The van der Waals surface area contributed by atoms with E-state index >= 15 is 0 Å². The molecule has 1 N–H and O–H groups in total. The number of hydrogen-bond donors (Lipinski definition) is 1. The van der Waals surface area contributed by atoms with Gasteiger partial charge in [0.15, 0.2) is 5.13 Å². The first-order valence-electron chi connectivity index (χ1n) is 6.73. The van der Waals surface area contributed by atoms with Crippen molar-refractivity contribution in [2.45, 2.75) is 26.8 Å². The minimum absolute atomic E-state index is 0.700. The van der Waals surface area contributed by atoms with Gasteiger partial charge in [0.25, 0.3) is 0 Å². The summed E-state index contributed by atoms with van der Waals surface area (Å²) in [4.78, 5) is 7.19. The molecular weight excluding hydrogens is 262 g/mol. The SMILES string of the molecule is CC(C)CNCc1csc(N2CCCSCC2)n1. The van der Waals surface area contributed by atoms with E-state index in [4.69, 9.17) is 4.98 Å². The molecule has 2 heterocycles. The van der Waals surface area contributed by atoms with E-state index in [0.29, 0.717) is 5.92 Å². The van der Waals surface area contributed by atoms with Gasteiger partial charge >= 0.3 is 0 Å². The molecule has 0 radical (unpaired) electrons. The molecule has 1 aromatic heterocycles. The summed E-state index contributed by atoms with van der Waals surface area (Å²) in [5.74, 6) is 3.23. The normalized spacial score (nSPS) is 17.2. The van der Waals surface area contributed by atoms with Gasteiger partial charge in [0.1, 0.15) is 0 Å². The highest BCUT2D eigenvalue weighted by Gasteiger charge is 2.13. The molecule has 5 heteroatoms. The summed E-state index contributed by atoms with van der Waals surface area (Å²) in [5.41, 5.74) is 1.19. The van der Waals surface area contributed by atoms with Crippen LogP contribution in [0.3, 0.4) is 0 Å². The van der Waals surface area contributed by atoms with Crippen molar-refractivity contribution in [3.05, 3.63) is 11.1 Å². The van der Waals surface area contributed by atoms with Crippen LogP contribution in [0.15, 0.2) is 5.38 Å². The van der Waals surface area contributed by atoms with Crippen molar-refractivity contribution in [3.8, 4) is 0 Å². The molecule has 3 nitrogen and oxygen atoms in total. The Morgan fingerprint density at radius 2 is 2.28 bits per heavy atom. The number of anilines is 1. The Balaban J connectivity index is 1.84. The summed E-state index contributed by atoms with van der Waals surface area (Å²) in [7, 11) is 0. The molecule has 1 aliphatic heterocycles. The molecule has 1 saturated heterocycles. The van der Waals surface area contributed by atoms with E-state index in [9.17, 15) is 0 Å². The molecule has 0 spiro atoms. The highest BCUT2D eigenvalue weighted by atomic mass is 32.2. The first-order chi connectivity index (χ1) is 8.75. The second-order valence-corrected chi connectivity index (χ2v) is 7.16. The lowest BCUT2D eigenvalue weighted by molar-refractivity contribution is 0.549. The van der Waals surface area contributed by atoms with Gasteiger partial charge in [0.2, 0.25) is 0 Å². The first kappa shape index (κ1) is 14.2. The van der Waals surface area contributed by atoms with Crippen molar-refractivity contribution in [2.24, 2.45) is 5.92 Å². The van der Waals surface area contributed by atoms with E-state index in [1.54, 1.807) is 11.3 Å². The van der Waals surface area contributed by atoms with Crippen molar-refractivity contribution in [1.82, 2.24) is 10.3 Å². The molecule has 1 aliphatic rings. The first-order valence-corrected chi connectivity index (χ1v) is 8.77. The number of thioether (sulfide) groups is 1. The zero-order valence-corrected chi connectivity index (χ0v) is 12.9. The summed E-state index contributed by atoms with van der Waals surface area (Å²) in [6, 6.07) is 0. The Kier molecular flexibility index (Phi) is 5.79. The fraction of sp³-hybridized carbons (Fsp3) is 0.769. The van der Waals surface area contributed by atoms with Gasteiger partial charge in [-0.3, -0.25) is 0 Å². The molecule has 1 aromatic rings. The molecule has 0 atom stereocenters. The van der Waals surface area contributed by atoms with Gasteiger partial charge in [0, 0.05) is 30.8 Å². The van der Waals surface area contributed by atoms with Crippen LogP contribution in [0, 0.1) is 5.92 Å². The van der Waals surface area contributed by atoms with Crippen LogP contribution in [0.1, 0.15) is 26.0 Å². The highest BCUT2D eigenvalue weighted by molar-refractivity contribution is 7.99. The van der Waals surface area contributed by atoms with Gasteiger partial charge in [-0.05, 0) is 24.6 Å². The number of thiazole rings is 1. The number of nitrogens with one attached hydrogen (secondary N) is 1. The van der Waals surface area contributed by atoms with Crippen LogP contribution in [-0.4, -0.2) is 36.1 Å². The standard InChI is InChI=1S/C13H23N3S2/c1-11(2)8-14-9-12-10-18-13(15-12)16-4-3-6-17-7-5-16/h10-11,14H,3-9H2,1-2H3. The maximum absolute atomic E-state index is 4.75. The lowest BCUT2D eigenvalue weighted by Crippen LogP contribution is -2.25. The van der Waals surface area contributed by atoms with Gasteiger partial charge in [-0.1, -0.05) is 13.8 Å². The van der Waals surface area contributed by atoms with Crippen LogP contribution < -0.4 is 10.2 Å². The van der Waals surface area contributed by atoms with Crippen LogP contribution in [0.4, 0.5) is 5.13 Å². The minimum atomic E-state index is 0.700. The lowest BCUT2D eigenvalue weighted by Gasteiger charge is -2.18. The number of nitrogens with zero attached hydrogens (tertiary/aromatic N) is 2. The summed E-state index contributed by atoms with van der Waals surface area (Å²) >= 11 is 3.85. The smallest absolute Gasteiger partial charge is 0.185 e.